The van der Waals surface area contributed by atoms with Gasteiger partial charge in [-0.15, -0.1) is 0 Å². The molecule has 0 spiro atoms. The van der Waals surface area contributed by atoms with Crippen molar-refractivity contribution in [2.24, 2.45) is 0 Å². The molecule has 1 atom stereocenters. The number of rotatable bonds is 61. The molecule has 75 heavy (non-hydrogen) atoms. The lowest BCUT2D eigenvalue weighted by atomic mass is 10.0. The minimum atomic E-state index is -0.782. The summed E-state index contributed by atoms with van der Waals surface area (Å²) >= 11 is 0. The van der Waals surface area contributed by atoms with Crippen LogP contribution < -0.4 is 0 Å². The molecule has 6 heteroatoms. The summed E-state index contributed by atoms with van der Waals surface area (Å²) in [5, 5.41) is 0. The van der Waals surface area contributed by atoms with Gasteiger partial charge in [0.1, 0.15) is 13.2 Å². The minimum Gasteiger partial charge on any atom is -0.462 e. The lowest BCUT2D eigenvalue weighted by molar-refractivity contribution is -0.167. The zero-order valence-electron chi connectivity index (χ0n) is 50.3. The second kappa shape index (κ2) is 63.9. The highest BCUT2D eigenvalue weighted by Gasteiger charge is 2.19. The molecule has 438 valence electrons. The third kappa shape index (κ3) is 62.1. The van der Waals surface area contributed by atoms with Crippen molar-refractivity contribution in [3.05, 3.63) is 48.6 Å². The standard InChI is InChI=1S/C69H126O6/c1-4-7-10-13-16-19-22-24-26-28-30-31-32-33-34-35-36-37-39-40-42-44-47-50-53-56-59-62-68(71)74-65-66(64-73-67(70)61-58-55-52-49-46-21-18-15-12-9-6-3)75-69(72)63-60-57-54-51-48-45-43-41-38-29-27-25-23-20-17-14-11-8-5-2/h15,17-18,20,25,27,38,41,66H,4-14,16,19,21-24,26,28-37,39-40,42-65H2,1-3H3/b18-15-,20-17-,27-25-,41-38-. The van der Waals surface area contributed by atoms with E-state index >= 15 is 0 Å². The Morgan fingerprint density at radius 3 is 0.827 bits per heavy atom. The van der Waals surface area contributed by atoms with Crippen molar-refractivity contribution in [1.82, 2.24) is 0 Å². The smallest absolute Gasteiger partial charge is 0.306 e. The summed E-state index contributed by atoms with van der Waals surface area (Å²) < 4.78 is 16.9. The largest absolute Gasteiger partial charge is 0.462 e. The fourth-order valence-electron chi connectivity index (χ4n) is 9.79. The number of carbonyl (C=O) groups excluding carboxylic acids is 3. The van der Waals surface area contributed by atoms with Gasteiger partial charge in [-0.3, -0.25) is 14.4 Å². The molecule has 0 heterocycles. The molecular weight excluding hydrogens is 925 g/mol. The quantitative estimate of drug-likeness (QED) is 0.0261. The summed E-state index contributed by atoms with van der Waals surface area (Å²) in [6, 6.07) is 0. The van der Waals surface area contributed by atoms with E-state index in [1.54, 1.807) is 0 Å². The number of ether oxygens (including phenoxy) is 3. The SMILES string of the molecule is CCCC/C=C\CCCCCCCC(=O)OCC(COC(=O)CCCCCCCCCCCCCCCCCCCCCCCCCCCCC)OC(=O)CCCCCCCC/C=C\C/C=C\C/C=C\CCCCC. The molecule has 1 unspecified atom stereocenters. The third-order valence-corrected chi connectivity index (χ3v) is 14.8. The van der Waals surface area contributed by atoms with Crippen LogP contribution in [0, 0.1) is 0 Å². The summed E-state index contributed by atoms with van der Waals surface area (Å²) in [6.07, 6.45) is 79.9. The first kappa shape index (κ1) is 72.4. The molecule has 6 nitrogen and oxygen atoms in total. The van der Waals surface area contributed by atoms with E-state index in [4.69, 9.17) is 14.2 Å². The van der Waals surface area contributed by atoms with Crippen molar-refractivity contribution in [2.45, 2.75) is 361 Å². The maximum Gasteiger partial charge on any atom is 0.306 e. The van der Waals surface area contributed by atoms with Gasteiger partial charge in [0.25, 0.3) is 0 Å². The summed E-state index contributed by atoms with van der Waals surface area (Å²) in [5.74, 6) is -0.881. The molecule has 0 saturated heterocycles. The lowest BCUT2D eigenvalue weighted by Crippen LogP contribution is -2.30. The van der Waals surface area contributed by atoms with Gasteiger partial charge in [0.05, 0.1) is 0 Å². The molecule has 0 aromatic heterocycles. The second-order valence-corrected chi connectivity index (χ2v) is 22.4. The van der Waals surface area contributed by atoms with E-state index in [1.807, 2.05) is 0 Å². The van der Waals surface area contributed by atoms with Gasteiger partial charge in [0.2, 0.25) is 0 Å². The molecule has 0 aliphatic heterocycles. The van der Waals surface area contributed by atoms with Crippen molar-refractivity contribution in [3.8, 4) is 0 Å². The van der Waals surface area contributed by atoms with Crippen LogP contribution >= 0.6 is 0 Å². The number of hydrogen-bond acceptors (Lipinski definition) is 6. The van der Waals surface area contributed by atoms with Crippen LogP contribution in [0.4, 0.5) is 0 Å². The molecular formula is C69H126O6. The summed E-state index contributed by atoms with van der Waals surface area (Å²) in [6.45, 7) is 6.61. The van der Waals surface area contributed by atoms with Crippen LogP contribution in [-0.2, 0) is 28.6 Å². The van der Waals surface area contributed by atoms with Crippen LogP contribution in [0.25, 0.3) is 0 Å². The maximum atomic E-state index is 12.9. The van der Waals surface area contributed by atoms with Crippen molar-refractivity contribution in [3.63, 3.8) is 0 Å². The summed E-state index contributed by atoms with van der Waals surface area (Å²) in [7, 11) is 0. The lowest BCUT2D eigenvalue weighted by Gasteiger charge is -2.18. The second-order valence-electron chi connectivity index (χ2n) is 22.4. The Kier molecular flexibility index (Phi) is 61.7. The molecule has 0 amide bonds. The first-order valence-electron chi connectivity index (χ1n) is 33.1. The van der Waals surface area contributed by atoms with E-state index < -0.39 is 6.10 Å². The van der Waals surface area contributed by atoms with Gasteiger partial charge in [0.15, 0.2) is 6.10 Å². The Bertz CT molecular complexity index is 1300. The highest BCUT2D eigenvalue weighted by molar-refractivity contribution is 5.71. The molecule has 0 aliphatic rings. The van der Waals surface area contributed by atoms with Gasteiger partial charge in [-0.1, -0.05) is 307 Å². The van der Waals surface area contributed by atoms with E-state index in [2.05, 4.69) is 69.4 Å². The number of hydrogen-bond donors (Lipinski definition) is 0. The van der Waals surface area contributed by atoms with Crippen LogP contribution in [0.3, 0.4) is 0 Å². The zero-order valence-corrected chi connectivity index (χ0v) is 50.3. The first-order valence-corrected chi connectivity index (χ1v) is 33.1. The van der Waals surface area contributed by atoms with Crippen molar-refractivity contribution < 1.29 is 28.6 Å². The summed E-state index contributed by atoms with van der Waals surface area (Å²) in [4.78, 5) is 38.3. The van der Waals surface area contributed by atoms with E-state index in [0.717, 1.165) is 89.9 Å². The fraction of sp³-hybridized carbons (Fsp3) is 0.841. The van der Waals surface area contributed by atoms with Crippen LogP contribution in [-0.4, -0.2) is 37.2 Å². The van der Waals surface area contributed by atoms with Crippen LogP contribution in [0.15, 0.2) is 48.6 Å². The Labute approximate surface area is 467 Å². The van der Waals surface area contributed by atoms with Crippen LogP contribution in [0.1, 0.15) is 355 Å². The van der Waals surface area contributed by atoms with E-state index in [0.29, 0.717) is 19.3 Å². The van der Waals surface area contributed by atoms with Crippen molar-refractivity contribution >= 4 is 17.9 Å². The predicted octanol–water partition coefficient (Wildman–Crippen LogP) is 22.6. The zero-order chi connectivity index (χ0) is 54.3. The Morgan fingerprint density at radius 1 is 0.267 bits per heavy atom. The fourth-order valence-corrected chi connectivity index (χ4v) is 9.79. The Morgan fingerprint density at radius 2 is 0.493 bits per heavy atom. The molecule has 0 saturated carbocycles. The first-order chi connectivity index (χ1) is 37.0. The monoisotopic (exact) mass is 1050 g/mol. The minimum absolute atomic E-state index is 0.0779. The van der Waals surface area contributed by atoms with Gasteiger partial charge >= 0.3 is 17.9 Å². The molecule has 0 radical (unpaired) electrons. The van der Waals surface area contributed by atoms with Gasteiger partial charge in [-0.05, 0) is 77.0 Å². The van der Waals surface area contributed by atoms with Gasteiger partial charge in [-0.25, -0.2) is 0 Å². The van der Waals surface area contributed by atoms with E-state index in [-0.39, 0.29) is 31.1 Å². The van der Waals surface area contributed by atoms with E-state index in [9.17, 15) is 14.4 Å². The number of unbranched alkanes of at least 4 members (excludes halogenated alkanes) is 42. The molecule has 0 N–H and O–H groups in total. The highest BCUT2D eigenvalue weighted by Crippen LogP contribution is 2.18. The van der Waals surface area contributed by atoms with Crippen LogP contribution in [0.2, 0.25) is 0 Å². The normalized spacial score (nSPS) is 12.3. The van der Waals surface area contributed by atoms with Gasteiger partial charge in [-0.2, -0.15) is 0 Å². The molecule has 0 fully saturated rings. The summed E-state index contributed by atoms with van der Waals surface area (Å²) in [5.41, 5.74) is 0. The van der Waals surface area contributed by atoms with Crippen molar-refractivity contribution in [1.29, 1.82) is 0 Å². The highest BCUT2D eigenvalue weighted by atomic mass is 16.6. The number of esters is 3. The predicted molar refractivity (Wildman–Crippen MR) is 325 cm³/mol. The molecule has 0 rings (SSSR count). The third-order valence-electron chi connectivity index (χ3n) is 14.8. The topological polar surface area (TPSA) is 78.9 Å². The number of allylic oxidation sites excluding steroid dienone is 8. The average molecular weight is 1050 g/mol. The maximum absolute atomic E-state index is 12.9. The Balaban J connectivity index is 4.20. The molecule has 0 aliphatic carbocycles. The van der Waals surface area contributed by atoms with E-state index in [1.165, 1.54) is 225 Å². The molecule has 0 aromatic rings. The average Bonchev–Trinajstić information content (AvgIpc) is 3.41. The molecule has 0 aromatic carbocycles. The number of carbonyl (C=O) groups is 3. The van der Waals surface area contributed by atoms with Gasteiger partial charge < -0.3 is 14.2 Å². The molecule has 0 bridgehead atoms. The Hall–Kier alpha value is -2.63. The van der Waals surface area contributed by atoms with Crippen molar-refractivity contribution in [2.75, 3.05) is 13.2 Å². The van der Waals surface area contributed by atoms with Crippen LogP contribution in [0.5, 0.6) is 0 Å². The van der Waals surface area contributed by atoms with Gasteiger partial charge in [0, 0.05) is 19.3 Å².